The number of para-hydroxylation sites is 1. The van der Waals surface area contributed by atoms with Gasteiger partial charge in [0.1, 0.15) is 5.01 Å². The molecule has 9 heteroatoms. The molecule has 1 aromatic carbocycles. The van der Waals surface area contributed by atoms with Crippen molar-refractivity contribution in [1.29, 1.82) is 0 Å². The second-order valence-electron chi connectivity index (χ2n) is 4.26. The van der Waals surface area contributed by atoms with Crippen molar-refractivity contribution in [3.63, 3.8) is 0 Å². The van der Waals surface area contributed by atoms with E-state index >= 15 is 0 Å². The number of hydrogen-bond donors (Lipinski definition) is 0. The first-order valence-electron chi connectivity index (χ1n) is 6.25. The van der Waals surface area contributed by atoms with Crippen LogP contribution in [0.5, 0.6) is 5.95 Å². The molecule has 0 radical (unpaired) electrons. The van der Waals surface area contributed by atoms with Gasteiger partial charge in [-0.15, -0.1) is 10.2 Å². The van der Waals surface area contributed by atoms with Gasteiger partial charge in [0, 0.05) is 12.1 Å². The Morgan fingerprint density at radius 3 is 2.82 bits per heavy atom. The van der Waals surface area contributed by atoms with E-state index in [0.29, 0.717) is 10.0 Å². The molecular formula is C13H10N4O3S2. The predicted molar refractivity (Wildman–Crippen MR) is 77.2 cm³/mol. The molecule has 7 nitrogen and oxygen atoms in total. The largest absolute Gasteiger partial charge is 0.539 e. The number of aryl methyl sites for hydroxylation is 1. The average Bonchev–Trinajstić information content (AvgIpc) is 3.12. The highest BCUT2D eigenvalue weighted by Gasteiger charge is 2.27. The van der Waals surface area contributed by atoms with Gasteiger partial charge < -0.3 is 9.63 Å². The molecule has 0 atom stereocenters. The van der Waals surface area contributed by atoms with Gasteiger partial charge in [0.15, 0.2) is 10.3 Å². The molecule has 0 amide bonds. The Balaban J connectivity index is 1.82. The van der Waals surface area contributed by atoms with E-state index in [9.17, 15) is 9.90 Å². The van der Waals surface area contributed by atoms with Crippen molar-refractivity contribution in [3.05, 3.63) is 41.0 Å². The smallest absolute Gasteiger partial charge is 0.307 e. The zero-order valence-corrected chi connectivity index (χ0v) is 13.1. The summed E-state index contributed by atoms with van der Waals surface area (Å²) in [4.78, 5) is 12.3. The molecular weight excluding hydrogens is 324 g/mol. The van der Waals surface area contributed by atoms with Gasteiger partial charge in [-0.25, -0.2) is 0 Å². The van der Waals surface area contributed by atoms with Gasteiger partial charge in [-0.2, -0.15) is 0 Å². The van der Waals surface area contributed by atoms with Gasteiger partial charge >= 0.3 is 5.69 Å². The number of carbonyl (C=O) groups is 1. The maximum atomic E-state index is 12.3. The van der Waals surface area contributed by atoms with Crippen LogP contribution in [-0.4, -0.2) is 27.0 Å². The van der Waals surface area contributed by atoms with Crippen LogP contribution in [0.1, 0.15) is 15.5 Å². The number of carbonyl (C=O) groups excluding carboxylic acids is 1. The summed E-state index contributed by atoms with van der Waals surface area (Å²) in [7, 11) is 0. The molecule has 0 unspecified atom stereocenters. The SMILES string of the molecule is Cc1nnc(SCC(=O)c2c([O-])on[n+]2-c2ccccc2)s1. The van der Waals surface area contributed by atoms with Crippen molar-refractivity contribution in [3.8, 4) is 11.6 Å². The van der Waals surface area contributed by atoms with Crippen molar-refractivity contribution in [2.24, 2.45) is 0 Å². The van der Waals surface area contributed by atoms with Gasteiger partial charge in [-0.05, 0) is 11.6 Å². The summed E-state index contributed by atoms with van der Waals surface area (Å²) >= 11 is 2.63. The van der Waals surface area contributed by atoms with Gasteiger partial charge in [-0.1, -0.05) is 41.3 Å². The molecule has 2 heterocycles. The number of nitrogens with zero attached hydrogens (tertiary/aromatic N) is 4. The standard InChI is InChI=1S/C13H10N4O3S2/c1-8-14-15-13(22-8)21-7-10(18)11-12(19)20-16-17(11)9-5-3-2-4-6-9/h2-6H,7H2,1H3. The topological polar surface area (TPSA) is 95.8 Å². The summed E-state index contributed by atoms with van der Waals surface area (Å²) in [6.07, 6.45) is 0. The maximum Gasteiger partial charge on any atom is 0.307 e. The van der Waals surface area contributed by atoms with E-state index in [1.165, 1.54) is 27.8 Å². The summed E-state index contributed by atoms with van der Waals surface area (Å²) in [6.45, 7) is 1.84. The number of rotatable bonds is 5. The first-order valence-corrected chi connectivity index (χ1v) is 8.06. The first kappa shape index (κ1) is 14.7. The minimum Gasteiger partial charge on any atom is -0.539 e. The number of Topliss-reactive ketones (excluding diaryl/α,β-unsaturated/α-hetero) is 1. The quantitative estimate of drug-likeness (QED) is 0.392. The van der Waals surface area contributed by atoms with Crippen molar-refractivity contribution >= 4 is 28.9 Å². The molecule has 0 saturated carbocycles. The summed E-state index contributed by atoms with van der Waals surface area (Å²) in [5.41, 5.74) is 0.494. The lowest BCUT2D eigenvalue weighted by Crippen LogP contribution is -2.39. The average molecular weight is 334 g/mol. The fourth-order valence-corrected chi connectivity index (χ4v) is 3.44. The second kappa shape index (κ2) is 6.24. The molecule has 0 saturated heterocycles. The van der Waals surface area contributed by atoms with E-state index in [1.54, 1.807) is 24.3 Å². The van der Waals surface area contributed by atoms with E-state index in [0.717, 1.165) is 5.01 Å². The lowest BCUT2D eigenvalue weighted by molar-refractivity contribution is -0.672. The molecule has 0 bridgehead atoms. The summed E-state index contributed by atoms with van der Waals surface area (Å²) < 4.78 is 6.53. The molecule has 0 aliphatic carbocycles. The van der Waals surface area contributed by atoms with Crippen molar-refractivity contribution < 1.29 is 19.1 Å². The summed E-state index contributed by atoms with van der Waals surface area (Å²) in [5.74, 6) is -1.05. The predicted octanol–water partition coefficient (Wildman–Crippen LogP) is 1.16. The summed E-state index contributed by atoms with van der Waals surface area (Å²) in [5, 5.41) is 24.0. The molecule has 0 N–H and O–H groups in total. The fourth-order valence-electron chi connectivity index (χ4n) is 1.76. The second-order valence-corrected chi connectivity index (χ2v) is 6.66. The molecule has 0 spiro atoms. The Labute approximate surface area is 133 Å². The Bertz CT molecular complexity index is 801. The number of hydrogen-bond acceptors (Lipinski definition) is 8. The van der Waals surface area contributed by atoms with Gasteiger partial charge in [0.05, 0.1) is 11.0 Å². The molecule has 0 aliphatic heterocycles. The highest BCUT2D eigenvalue weighted by Crippen LogP contribution is 2.23. The van der Waals surface area contributed by atoms with Gasteiger partial charge in [0.25, 0.3) is 0 Å². The third-order valence-corrected chi connectivity index (χ3v) is 4.68. The van der Waals surface area contributed by atoms with Crippen molar-refractivity contribution in [2.45, 2.75) is 11.3 Å². The van der Waals surface area contributed by atoms with Crippen LogP contribution in [0.3, 0.4) is 0 Å². The Hall–Kier alpha value is -2.26. The third-order valence-electron chi connectivity index (χ3n) is 2.71. The van der Waals surface area contributed by atoms with Gasteiger partial charge in [0.2, 0.25) is 11.5 Å². The van der Waals surface area contributed by atoms with Crippen LogP contribution < -0.4 is 9.79 Å². The monoisotopic (exact) mass is 334 g/mol. The van der Waals surface area contributed by atoms with Crippen LogP contribution in [0.15, 0.2) is 39.2 Å². The van der Waals surface area contributed by atoms with Crippen LogP contribution in [0, 0.1) is 6.92 Å². The molecule has 3 rings (SSSR count). The Kier molecular flexibility index (Phi) is 4.16. The molecule has 112 valence electrons. The minimum absolute atomic E-state index is 0.0674. The lowest BCUT2D eigenvalue weighted by atomic mass is 10.3. The van der Waals surface area contributed by atoms with Crippen LogP contribution >= 0.6 is 23.1 Å². The van der Waals surface area contributed by atoms with Gasteiger partial charge in [-0.3, -0.25) is 4.79 Å². The van der Waals surface area contributed by atoms with E-state index in [1.807, 2.05) is 13.0 Å². The summed E-state index contributed by atoms with van der Waals surface area (Å²) in [6, 6.07) is 8.88. The number of benzene rings is 1. The van der Waals surface area contributed by atoms with Crippen LogP contribution in [-0.2, 0) is 0 Å². The molecule has 0 fully saturated rings. The minimum atomic E-state index is -0.747. The van der Waals surface area contributed by atoms with Crippen LogP contribution in [0.2, 0.25) is 0 Å². The highest BCUT2D eigenvalue weighted by atomic mass is 32.2. The number of aromatic nitrogens is 4. The first-order chi connectivity index (χ1) is 10.6. The lowest BCUT2D eigenvalue weighted by Gasteiger charge is -1.97. The fraction of sp³-hybridized carbons (Fsp3) is 0.154. The van der Waals surface area contributed by atoms with Crippen molar-refractivity contribution in [1.82, 2.24) is 15.5 Å². The Morgan fingerprint density at radius 2 is 2.14 bits per heavy atom. The van der Waals surface area contributed by atoms with E-state index in [2.05, 4.69) is 20.0 Å². The maximum absolute atomic E-state index is 12.3. The Morgan fingerprint density at radius 1 is 1.36 bits per heavy atom. The zero-order valence-electron chi connectivity index (χ0n) is 11.4. The van der Waals surface area contributed by atoms with Crippen LogP contribution in [0.25, 0.3) is 5.69 Å². The molecule has 3 aromatic rings. The third kappa shape index (κ3) is 3.00. The zero-order chi connectivity index (χ0) is 15.5. The molecule has 22 heavy (non-hydrogen) atoms. The number of ketones is 1. The normalized spacial score (nSPS) is 10.8. The van der Waals surface area contributed by atoms with Crippen molar-refractivity contribution in [2.75, 3.05) is 5.75 Å². The van der Waals surface area contributed by atoms with E-state index < -0.39 is 5.95 Å². The molecule has 2 aromatic heterocycles. The highest BCUT2D eigenvalue weighted by molar-refractivity contribution is 8.01. The van der Waals surface area contributed by atoms with Crippen LogP contribution in [0.4, 0.5) is 0 Å². The molecule has 0 aliphatic rings. The number of thioether (sulfide) groups is 1. The van der Waals surface area contributed by atoms with E-state index in [4.69, 9.17) is 0 Å². The van der Waals surface area contributed by atoms with E-state index in [-0.39, 0.29) is 17.2 Å².